The van der Waals surface area contributed by atoms with Gasteiger partial charge in [0.15, 0.2) is 11.5 Å². The van der Waals surface area contributed by atoms with Crippen molar-refractivity contribution in [3.63, 3.8) is 0 Å². The maximum atomic E-state index is 11.0. The van der Waals surface area contributed by atoms with E-state index in [0.717, 1.165) is 5.56 Å². The third-order valence-electron chi connectivity index (χ3n) is 2.85. The number of rotatable bonds is 4. The largest absolute Gasteiger partial charge is 0.504 e. The minimum Gasteiger partial charge on any atom is -0.504 e. The normalized spacial score (nSPS) is 12.5. The number of carboxylic acids is 1. The fourth-order valence-corrected chi connectivity index (χ4v) is 1.60. The van der Waals surface area contributed by atoms with Crippen LogP contribution in [0.3, 0.4) is 0 Å². The minimum atomic E-state index is -0.969. The Labute approximate surface area is 101 Å². The van der Waals surface area contributed by atoms with E-state index in [1.165, 1.54) is 7.11 Å². The van der Waals surface area contributed by atoms with Crippen LogP contribution in [0, 0.1) is 0 Å². The summed E-state index contributed by atoms with van der Waals surface area (Å²) in [6.45, 7) is 5.54. The van der Waals surface area contributed by atoms with Crippen LogP contribution in [0.1, 0.15) is 43.7 Å². The Morgan fingerprint density at radius 3 is 2.29 bits per heavy atom. The molecule has 0 heterocycles. The van der Waals surface area contributed by atoms with Gasteiger partial charge in [-0.3, -0.25) is 4.79 Å². The molecule has 0 bridgehead atoms. The van der Waals surface area contributed by atoms with Gasteiger partial charge in [-0.15, -0.1) is 0 Å². The van der Waals surface area contributed by atoms with Crippen LogP contribution in [0.5, 0.6) is 11.5 Å². The summed E-state index contributed by atoms with van der Waals surface area (Å²) in [4.78, 5) is 11.0. The summed E-state index contributed by atoms with van der Waals surface area (Å²) < 4.78 is 5.06. The Hall–Kier alpha value is -1.71. The molecule has 4 heteroatoms. The van der Waals surface area contributed by atoms with E-state index in [-0.39, 0.29) is 11.7 Å². The topological polar surface area (TPSA) is 66.8 Å². The lowest BCUT2D eigenvalue weighted by Crippen LogP contribution is -2.09. The molecule has 94 valence electrons. The van der Waals surface area contributed by atoms with E-state index in [4.69, 9.17) is 9.84 Å². The van der Waals surface area contributed by atoms with E-state index in [9.17, 15) is 9.90 Å². The first kappa shape index (κ1) is 13.4. The van der Waals surface area contributed by atoms with Gasteiger partial charge < -0.3 is 14.9 Å². The number of phenols is 1. The van der Waals surface area contributed by atoms with Crippen LogP contribution in [-0.4, -0.2) is 23.3 Å². The summed E-state index contributed by atoms with van der Waals surface area (Å²) in [5.41, 5.74) is 1.34. The van der Waals surface area contributed by atoms with E-state index in [1.54, 1.807) is 19.1 Å². The number of carboxylic acid groups (broad SMARTS) is 1. The molecule has 1 unspecified atom stereocenters. The quantitative estimate of drug-likeness (QED) is 0.846. The highest BCUT2D eigenvalue weighted by molar-refractivity contribution is 5.77. The van der Waals surface area contributed by atoms with Crippen molar-refractivity contribution in [2.24, 2.45) is 0 Å². The second-order valence-corrected chi connectivity index (χ2v) is 4.38. The number of aromatic hydroxyl groups is 1. The first-order valence-corrected chi connectivity index (χ1v) is 5.52. The van der Waals surface area contributed by atoms with Crippen molar-refractivity contribution < 1.29 is 19.7 Å². The number of methoxy groups -OCH3 is 1. The molecule has 0 saturated heterocycles. The Balaban J connectivity index is 3.37. The molecule has 0 aliphatic carbocycles. The molecule has 1 aromatic rings. The van der Waals surface area contributed by atoms with Crippen LogP contribution in [0.25, 0.3) is 0 Å². The fraction of sp³-hybridized carbons (Fsp3) is 0.462. The second-order valence-electron chi connectivity index (χ2n) is 4.38. The molecule has 0 aromatic heterocycles. The third-order valence-corrected chi connectivity index (χ3v) is 2.85. The molecular formula is C13H18O4. The standard InChI is InChI=1S/C13H18O4/c1-7(2)9-5-10(8(3)13(15)16)12(14)11(6-9)17-4/h5-8,14H,1-4H3,(H,15,16). The summed E-state index contributed by atoms with van der Waals surface area (Å²) >= 11 is 0. The summed E-state index contributed by atoms with van der Waals surface area (Å²) in [5, 5.41) is 18.9. The molecule has 0 spiro atoms. The van der Waals surface area contributed by atoms with Crippen molar-refractivity contribution in [3.8, 4) is 11.5 Å². The molecule has 0 amide bonds. The van der Waals surface area contributed by atoms with Gasteiger partial charge in [-0.1, -0.05) is 19.9 Å². The van der Waals surface area contributed by atoms with Gasteiger partial charge in [0, 0.05) is 5.56 Å². The molecule has 0 radical (unpaired) electrons. The van der Waals surface area contributed by atoms with Crippen LogP contribution >= 0.6 is 0 Å². The molecule has 0 fully saturated rings. The van der Waals surface area contributed by atoms with Crippen LogP contribution in [0.2, 0.25) is 0 Å². The second kappa shape index (κ2) is 5.08. The zero-order valence-corrected chi connectivity index (χ0v) is 10.5. The molecule has 1 aromatic carbocycles. The monoisotopic (exact) mass is 238 g/mol. The Morgan fingerprint density at radius 2 is 1.88 bits per heavy atom. The molecular weight excluding hydrogens is 220 g/mol. The Bertz CT molecular complexity index is 424. The van der Waals surface area contributed by atoms with E-state index in [1.807, 2.05) is 13.8 Å². The van der Waals surface area contributed by atoms with E-state index in [2.05, 4.69) is 0 Å². The lowest BCUT2D eigenvalue weighted by molar-refractivity contribution is -0.138. The number of benzene rings is 1. The van der Waals surface area contributed by atoms with E-state index < -0.39 is 11.9 Å². The van der Waals surface area contributed by atoms with Crippen molar-refractivity contribution in [1.82, 2.24) is 0 Å². The third kappa shape index (κ3) is 2.70. The van der Waals surface area contributed by atoms with Gasteiger partial charge in [-0.25, -0.2) is 0 Å². The van der Waals surface area contributed by atoms with Crippen molar-refractivity contribution in [2.75, 3.05) is 7.11 Å². The number of ether oxygens (including phenoxy) is 1. The van der Waals surface area contributed by atoms with Gasteiger partial charge in [-0.05, 0) is 24.5 Å². The van der Waals surface area contributed by atoms with E-state index in [0.29, 0.717) is 11.3 Å². The molecule has 0 saturated carbocycles. The van der Waals surface area contributed by atoms with Gasteiger partial charge in [0.25, 0.3) is 0 Å². The van der Waals surface area contributed by atoms with E-state index >= 15 is 0 Å². The zero-order valence-electron chi connectivity index (χ0n) is 10.5. The van der Waals surface area contributed by atoms with Crippen molar-refractivity contribution in [2.45, 2.75) is 32.6 Å². The van der Waals surface area contributed by atoms with Gasteiger partial charge in [-0.2, -0.15) is 0 Å². The van der Waals surface area contributed by atoms with Crippen LogP contribution < -0.4 is 4.74 Å². The lowest BCUT2D eigenvalue weighted by atomic mass is 9.93. The predicted molar refractivity (Wildman–Crippen MR) is 64.8 cm³/mol. The minimum absolute atomic E-state index is 0.0909. The molecule has 2 N–H and O–H groups in total. The first-order chi connectivity index (χ1) is 7.88. The van der Waals surface area contributed by atoms with Gasteiger partial charge in [0.1, 0.15) is 0 Å². The number of carbonyl (C=O) groups is 1. The number of hydrogen-bond acceptors (Lipinski definition) is 3. The molecule has 0 aliphatic heterocycles. The summed E-state index contributed by atoms with van der Waals surface area (Å²) in [6.07, 6.45) is 0. The Kier molecular flexibility index (Phi) is 3.99. The predicted octanol–water partition coefficient (Wildman–Crippen LogP) is 2.71. The van der Waals surface area contributed by atoms with Crippen LogP contribution in [0.4, 0.5) is 0 Å². The summed E-state index contributed by atoms with van der Waals surface area (Å²) in [7, 11) is 1.45. The van der Waals surface area contributed by atoms with Gasteiger partial charge in [0.05, 0.1) is 13.0 Å². The highest BCUT2D eigenvalue weighted by atomic mass is 16.5. The number of hydrogen-bond donors (Lipinski definition) is 2. The Morgan fingerprint density at radius 1 is 1.29 bits per heavy atom. The molecule has 1 rings (SSSR count). The van der Waals surface area contributed by atoms with Gasteiger partial charge in [0.2, 0.25) is 0 Å². The van der Waals surface area contributed by atoms with Gasteiger partial charge >= 0.3 is 5.97 Å². The maximum Gasteiger partial charge on any atom is 0.310 e. The SMILES string of the molecule is COc1cc(C(C)C)cc(C(C)C(=O)O)c1O. The summed E-state index contributed by atoms with van der Waals surface area (Å²) in [5.74, 6) is -1.26. The van der Waals surface area contributed by atoms with Crippen molar-refractivity contribution >= 4 is 5.97 Å². The average molecular weight is 238 g/mol. The van der Waals surface area contributed by atoms with Crippen LogP contribution in [-0.2, 0) is 4.79 Å². The van der Waals surface area contributed by atoms with Crippen molar-refractivity contribution in [1.29, 1.82) is 0 Å². The smallest absolute Gasteiger partial charge is 0.310 e. The maximum absolute atomic E-state index is 11.0. The molecule has 0 aliphatic rings. The zero-order chi connectivity index (χ0) is 13.2. The average Bonchev–Trinajstić information content (AvgIpc) is 2.27. The molecule has 4 nitrogen and oxygen atoms in total. The highest BCUT2D eigenvalue weighted by Gasteiger charge is 2.21. The fourth-order valence-electron chi connectivity index (χ4n) is 1.60. The number of aliphatic carboxylic acids is 1. The number of phenolic OH excluding ortho intramolecular Hbond substituents is 1. The first-order valence-electron chi connectivity index (χ1n) is 5.52. The summed E-state index contributed by atoms with van der Waals surface area (Å²) in [6, 6.07) is 3.46. The van der Waals surface area contributed by atoms with Crippen molar-refractivity contribution in [3.05, 3.63) is 23.3 Å². The van der Waals surface area contributed by atoms with Crippen LogP contribution in [0.15, 0.2) is 12.1 Å². The molecule has 17 heavy (non-hydrogen) atoms. The lowest BCUT2D eigenvalue weighted by Gasteiger charge is -2.16. The molecule has 1 atom stereocenters. The highest BCUT2D eigenvalue weighted by Crippen LogP contribution is 2.37.